The van der Waals surface area contributed by atoms with Crippen LogP contribution in [0.2, 0.25) is 0 Å². The number of aryl methyl sites for hydroxylation is 1. The van der Waals surface area contributed by atoms with Crippen molar-refractivity contribution in [3.05, 3.63) is 69.7 Å². The third-order valence-corrected chi connectivity index (χ3v) is 2.48. The second kappa shape index (κ2) is 5.26. The minimum absolute atomic E-state index is 0.279. The van der Waals surface area contributed by atoms with E-state index in [2.05, 4.69) is 5.10 Å². The summed E-state index contributed by atoms with van der Waals surface area (Å²) in [5.74, 6) is -0.628. The van der Waals surface area contributed by atoms with Gasteiger partial charge in [-0.2, -0.15) is 5.10 Å². The molecule has 6 heteroatoms. The van der Waals surface area contributed by atoms with Gasteiger partial charge in [-0.05, 0) is 6.07 Å². The van der Waals surface area contributed by atoms with E-state index < -0.39 is 16.4 Å². The topological polar surface area (TPSA) is 78.0 Å². The summed E-state index contributed by atoms with van der Waals surface area (Å²) in [6.45, 7) is 0. The van der Waals surface area contributed by atoms with Crippen molar-refractivity contribution in [1.29, 1.82) is 0 Å². The molecule has 6 nitrogen and oxygen atoms in total. The van der Waals surface area contributed by atoms with Gasteiger partial charge in [0.05, 0.1) is 10.6 Å². The maximum atomic E-state index is 12.1. The maximum absolute atomic E-state index is 12.1. The van der Waals surface area contributed by atoms with Crippen LogP contribution in [0.15, 0.2) is 48.3 Å². The van der Waals surface area contributed by atoms with E-state index in [1.165, 1.54) is 22.9 Å². The lowest BCUT2D eigenvalue weighted by Gasteiger charge is -1.98. The lowest BCUT2D eigenvalue weighted by Crippen LogP contribution is -2.11. The van der Waals surface area contributed by atoms with Gasteiger partial charge in [0.25, 0.3) is 5.78 Å². The highest BCUT2D eigenvalue weighted by Gasteiger charge is 2.23. The van der Waals surface area contributed by atoms with Crippen molar-refractivity contribution >= 4 is 11.9 Å². The van der Waals surface area contributed by atoms with E-state index in [9.17, 15) is 14.9 Å². The Morgan fingerprint density at radius 3 is 2.53 bits per heavy atom. The van der Waals surface area contributed by atoms with E-state index in [-0.39, 0.29) is 5.56 Å². The highest BCUT2D eigenvalue weighted by Crippen LogP contribution is 2.12. The first-order valence-electron chi connectivity index (χ1n) is 5.53. The molecule has 0 aliphatic rings. The Kier molecular flexibility index (Phi) is 3.51. The molecule has 96 valence electrons. The number of ketones is 1. The number of hydrogen-bond acceptors (Lipinski definition) is 4. The summed E-state index contributed by atoms with van der Waals surface area (Å²) in [7, 11) is 1.70. The van der Waals surface area contributed by atoms with Gasteiger partial charge in [-0.25, -0.2) is 0 Å². The maximum Gasteiger partial charge on any atom is 0.319 e. The van der Waals surface area contributed by atoms with Gasteiger partial charge >= 0.3 is 5.70 Å². The molecular weight excluding hydrogens is 246 g/mol. The molecular formula is C13H11N3O3. The molecule has 0 saturated carbocycles. The molecule has 1 heterocycles. The van der Waals surface area contributed by atoms with E-state index in [0.29, 0.717) is 5.69 Å². The minimum Gasteiger partial charge on any atom is -0.282 e. The Morgan fingerprint density at radius 1 is 1.32 bits per heavy atom. The molecule has 0 amide bonds. The van der Waals surface area contributed by atoms with Crippen LogP contribution < -0.4 is 0 Å². The first kappa shape index (κ1) is 12.7. The van der Waals surface area contributed by atoms with Crippen LogP contribution in [0, 0.1) is 10.1 Å². The molecule has 0 aliphatic carbocycles. The van der Waals surface area contributed by atoms with Crippen LogP contribution in [0.3, 0.4) is 0 Å². The summed E-state index contributed by atoms with van der Waals surface area (Å²) < 4.78 is 1.51. The number of hydrogen-bond donors (Lipinski definition) is 0. The molecule has 1 aromatic carbocycles. The predicted octanol–water partition coefficient (Wildman–Crippen LogP) is 1.92. The normalized spacial score (nSPS) is 11.3. The quantitative estimate of drug-likeness (QED) is 0.363. The number of Topliss-reactive ketones (excluding diaryl/α,β-unsaturated/α-hetero) is 1. The zero-order valence-corrected chi connectivity index (χ0v) is 10.2. The van der Waals surface area contributed by atoms with Crippen LogP contribution in [0.25, 0.3) is 6.08 Å². The highest BCUT2D eigenvalue weighted by molar-refractivity contribution is 6.09. The van der Waals surface area contributed by atoms with Crippen molar-refractivity contribution in [1.82, 2.24) is 9.78 Å². The molecule has 19 heavy (non-hydrogen) atoms. The average molecular weight is 257 g/mol. The largest absolute Gasteiger partial charge is 0.319 e. The van der Waals surface area contributed by atoms with Crippen molar-refractivity contribution in [3.63, 3.8) is 0 Å². The third kappa shape index (κ3) is 2.92. The van der Waals surface area contributed by atoms with Crippen molar-refractivity contribution in [3.8, 4) is 0 Å². The fourth-order valence-electron chi connectivity index (χ4n) is 1.59. The van der Waals surface area contributed by atoms with Crippen LogP contribution in [0.5, 0.6) is 0 Å². The van der Waals surface area contributed by atoms with Gasteiger partial charge in [-0.15, -0.1) is 0 Å². The molecule has 0 spiro atoms. The molecule has 0 aliphatic heterocycles. The number of allylic oxidation sites excluding steroid dienone is 1. The van der Waals surface area contributed by atoms with Crippen LogP contribution >= 0.6 is 0 Å². The number of nitro groups is 1. The summed E-state index contributed by atoms with van der Waals surface area (Å²) in [4.78, 5) is 22.4. The van der Waals surface area contributed by atoms with Crippen LogP contribution in [0.4, 0.5) is 0 Å². The molecule has 2 aromatic rings. The van der Waals surface area contributed by atoms with E-state index in [0.717, 1.165) is 0 Å². The van der Waals surface area contributed by atoms with E-state index in [4.69, 9.17) is 0 Å². The molecule has 0 saturated heterocycles. The molecule has 0 radical (unpaired) electrons. The van der Waals surface area contributed by atoms with Crippen molar-refractivity contribution in [2.75, 3.05) is 0 Å². The van der Waals surface area contributed by atoms with Crippen molar-refractivity contribution in [2.24, 2.45) is 7.05 Å². The van der Waals surface area contributed by atoms with Crippen LogP contribution in [-0.4, -0.2) is 20.5 Å². The van der Waals surface area contributed by atoms with Crippen molar-refractivity contribution < 1.29 is 9.72 Å². The average Bonchev–Trinajstić information content (AvgIpc) is 2.81. The standard InChI is InChI=1S/C13H11N3O3/c1-15-8-7-11(14-15)9-12(16(18)19)13(17)10-5-3-2-4-6-10/h2-9H,1H3/b12-9+. The summed E-state index contributed by atoms with van der Waals surface area (Å²) in [5, 5.41) is 15.0. The highest BCUT2D eigenvalue weighted by atomic mass is 16.6. The Bertz CT molecular complexity index is 644. The summed E-state index contributed by atoms with van der Waals surface area (Å²) in [5.41, 5.74) is 0.157. The molecule has 0 unspecified atom stereocenters. The number of aromatic nitrogens is 2. The fourth-order valence-corrected chi connectivity index (χ4v) is 1.59. The molecule has 0 atom stereocenters. The Labute approximate surface area is 109 Å². The van der Waals surface area contributed by atoms with Gasteiger partial charge in [-0.1, -0.05) is 30.3 Å². The number of nitrogens with zero attached hydrogens (tertiary/aromatic N) is 3. The van der Waals surface area contributed by atoms with Crippen molar-refractivity contribution in [2.45, 2.75) is 0 Å². The summed E-state index contributed by atoms with van der Waals surface area (Å²) >= 11 is 0. The second-order valence-corrected chi connectivity index (χ2v) is 3.90. The van der Waals surface area contributed by atoms with Crippen LogP contribution in [-0.2, 0) is 7.05 Å². The predicted molar refractivity (Wildman–Crippen MR) is 69.0 cm³/mol. The summed E-state index contributed by atoms with van der Waals surface area (Å²) in [6.07, 6.45) is 2.83. The molecule has 0 N–H and O–H groups in total. The molecule has 0 fully saturated rings. The number of rotatable bonds is 4. The zero-order chi connectivity index (χ0) is 13.8. The van der Waals surface area contributed by atoms with Gasteiger partial charge < -0.3 is 0 Å². The van der Waals surface area contributed by atoms with Gasteiger partial charge in [0.2, 0.25) is 0 Å². The van der Waals surface area contributed by atoms with Gasteiger partial charge in [-0.3, -0.25) is 19.6 Å². The number of carbonyl (C=O) groups is 1. The van der Waals surface area contributed by atoms with Gasteiger partial charge in [0.15, 0.2) is 0 Å². The smallest absolute Gasteiger partial charge is 0.282 e. The molecule has 0 bridgehead atoms. The van der Waals surface area contributed by atoms with Gasteiger partial charge in [0.1, 0.15) is 0 Å². The monoisotopic (exact) mass is 257 g/mol. The Hall–Kier alpha value is -2.76. The lowest BCUT2D eigenvalue weighted by molar-refractivity contribution is -0.415. The van der Waals surface area contributed by atoms with E-state index >= 15 is 0 Å². The van der Waals surface area contributed by atoms with E-state index in [1.54, 1.807) is 37.5 Å². The molecule has 1 aromatic heterocycles. The zero-order valence-electron chi connectivity index (χ0n) is 10.2. The van der Waals surface area contributed by atoms with E-state index in [1.807, 2.05) is 0 Å². The Balaban J connectivity index is 2.39. The second-order valence-electron chi connectivity index (χ2n) is 3.90. The Morgan fingerprint density at radius 2 is 2.00 bits per heavy atom. The first-order chi connectivity index (χ1) is 9.08. The minimum atomic E-state index is -0.690. The first-order valence-corrected chi connectivity index (χ1v) is 5.53. The summed E-state index contributed by atoms with van der Waals surface area (Å²) in [6, 6.07) is 9.74. The third-order valence-electron chi connectivity index (χ3n) is 2.48. The van der Waals surface area contributed by atoms with Crippen LogP contribution in [0.1, 0.15) is 16.1 Å². The lowest BCUT2D eigenvalue weighted by atomic mass is 10.1. The fraction of sp³-hybridized carbons (Fsp3) is 0.0769. The van der Waals surface area contributed by atoms with Gasteiger partial charge in [0, 0.05) is 24.9 Å². The number of benzene rings is 1. The molecule has 2 rings (SSSR count). The number of carbonyl (C=O) groups excluding carboxylic acids is 1. The SMILES string of the molecule is Cn1ccc(/C=C(\C(=O)c2ccccc2)[N+](=O)[O-])n1.